The fourth-order valence-electron chi connectivity index (χ4n) is 3.08. The highest BCUT2D eigenvalue weighted by Crippen LogP contribution is 2.45. The van der Waals surface area contributed by atoms with Gasteiger partial charge in [-0.1, -0.05) is 0 Å². The van der Waals surface area contributed by atoms with E-state index in [1.807, 2.05) is 0 Å². The van der Waals surface area contributed by atoms with E-state index in [-0.39, 0.29) is 18.0 Å². The summed E-state index contributed by atoms with van der Waals surface area (Å²) in [4.78, 5) is 0. The third-order valence-corrected chi connectivity index (χ3v) is 4.64. The van der Waals surface area contributed by atoms with E-state index >= 15 is 0 Å². The summed E-state index contributed by atoms with van der Waals surface area (Å²) in [6.07, 6.45) is -4.71. The van der Waals surface area contributed by atoms with Crippen molar-refractivity contribution in [2.75, 3.05) is 7.11 Å². The van der Waals surface area contributed by atoms with E-state index in [0.717, 1.165) is 17.5 Å². The standard InChI is InChI=1S/C16H18F5N3O/c1-9-4-5-10(2)23(9)14-8-13(15(17,18)16(19,20)21)22-24(14)11-6-12(7-11)25-3/h4-5,8,11-12H,6-7H2,1-3H3/t11-,12+. The Morgan fingerprint density at radius 3 is 2.12 bits per heavy atom. The van der Waals surface area contributed by atoms with Crippen LogP contribution in [-0.2, 0) is 10.7 Å². The summed E-state index contributed by atoms with van der Waals surface area (Å²) in [5, 5.41) is 3.65. The van der Waals surface area contributed by atoms with Crippen LogP contribution in [0.3, 0.4) is 0 Å². The maximum absolute atomic E-state index is 13.8. The van der Waals surface area contributed by atoms with E-state index in [1.54, 1.807) is 30.5 Å². The number of rotatable bonds is 4. The predicted molar refractivity (Wildman–Crippen MR) is 80.0 cm³/mol. The first-order valence-electron chi connectivity index (χ1n) is 7.79. The van der Waals surface area contributed by atoms with Gasteiger partial charge in [-0.25, -0.2) is 4.68 Å². The molecule has 1 saturated carbocycles. The molecule has 1 fully saturated rings. The molecule has 2 aromatic heterocycles. The van der Waals surface area contributed by atoms with E-state index < -0.39 is 17.8 Å². The number of hydrogen-bond donors (Lipinski definition) is 0. The summed E-state index contributed by atoms with van der Waals surface area (Å²) in [7, 11) is 1.54. The Morgan fingerprint density at radius 2 is 1.64 bits per heavy atom. The topological polar surface area (TPSA) is 32.0 Å². The lowest BCUT2D eigenvalue weighted by atomic mass is 9.89. The molecule has 0 unspecified atom stereocenters. The Bertz CT molecular complexity index is 752. The molecular formula is C16H18F5N3O. The van der Waals surface area contributed by atoms with E-state index in [9.17, 15) is 22.0 Å². The minimum Gasteiger partial charge on any atom is -0.381 e. The van der Waals surface area contributed by atoms with Crippen molar-refractivity contribution in [2.24, 2.45) is 0 Å². The lowest BCUT2D eigenvalue weighted by molar-refractivity contribution is -0.291. The van der Waals surface area contributed by atoms with E-state index in [2.05, 4.69) is 5.10 Å². The van der Waals surface area contributed by atoms with Gasteiger partial charge in [0.25, 0.3) is 0 Å². The highest BCUT2D eigenvalue weighted by Gasteiger charge is 2.61. The van der Waals surface area contributed by atoms with Crippen molar-refractivity contribution in [2.45, 2.75) is 50.9 Å². The van der Waals surface area contributed by atoms with Crippen LogP contribution in [0.15, 0.2) is 18.2 Å². The molecule has 9 heteroatoms. The highest BCUT2D eigenvalue weighted by atomic mass is 19.4. The number of methoxy groups -OCH3 is 1. The fraction of sp³-hybridized carbons (Fsp3) is 0.562. The molecule has 0 aliphatic heterocycles. The Morgan fingerprint density at radius 1 is 1.08 bits per heavy atom. The summed E-state index contributed by atoms with van der Waals surface area (Å²) in [5.41, 5.74) is 0.162. The van der Waals surface area contributed by atoms with Crippen molar-refractivity contribution in [3.8, 4) is 5.82 Å². The Hall–Kier alpha value is -1.90. The molecule has 0 bridgehead atoms. The van der Waals surface area contributed by atoms with Crippen LogP contribution >= 0.6 is 0 Å². The predicted octanol–water partition coefficient (Wildman–Crippen LogP) is 4.29. The van der Waals surface area contributed by atoms with Gasteiger partial charge in [-0.15, -0.1) is 0 Å². The van der Waals surface area contributed by atoms with Gasteiger partial charge in [-0.05, 0) is 38.8 Å². The van der Waals surface area contributed by atoms with Crippen molar-refractivity contribution in [3.05, 3.63) is 35.3 Å². The van der Waals surface area contributed by atoms with Crippen LogP contribution in [-0.4, -0.2) is 33.7 Å². The van der Waals surface area contributed by atoms with Crippen LogP contribution in [0.1, 0.15) is 36.0 Å². The summed E-state index contributed by atoms with van der Waals surface area (Å²) < 4.78 is 73.9. The first kappa shape index (κ1) is 17.9. The molecule has 138 valence electrons. The van der Waals surface area contributed by atoms with E-state index in [4.69, 9.17) is 4.74 Å². The van der Waals surface area contributed by atoms with Gasteiger partial charge in [-0.3, -0.25) is 0 Å². The molecule has 4 nitrogen and oxygen atoms in total. The van der Waals surface area contributed by atoms with Gasteiger partial charge in [0.2, 0.25) is 0 Å². The van der Waals surface area contributed by atoms with E-state index in [0.29, 0.717) is 12.8 Å². The van der Waals surface area contributed by atoms with Crippen LogP contribution in [0.2, 0.25) is 0 Å². The second-order valence-corrected chi connectivity index (χ2v) is 6.34. The number of ether oxygens (including phenoxy) is 1. The molecular weight excluding hydrogens is 345 g/mol. The first-order valence-corrected chi connectivity index (χ1v) is 7.79. The lowest BCUT2D eigenvalue weighted by Crippen LogP contribution is -2.36. The maximum atomic E-state index is 13.8. The third kappa shape index (κ3) is 2.84. The second kappa shape index (κ2) is 5.82. The monoisotopic (exact) mass is 363 g/mol. The fourth-order valence-corrected chi connectivity index (χ4v) is 3.08. The smallest absolute Gasteiger partial charge is 0.381 e. The minimum absolute atomic E-state index is 0.0412. The van der Waals surface area contributed by atoms with Crippen LogP contribution in [0.5, 0.6) is 0 Å². The zero-order valence-electron chi connectivity index (χ0n) is 13.9. The van der Waals surface area contributed by atoms with Crippen molar-refractivity contribution < 1.29 is 26.7 Å². The summed E-state index contributed by atoms with van der Waals surface area (Å²) >= 11 is 0. The molecule has 0 atom stereocenters. The molecule has 0 N–H and O–H groups in total. The quantitative estimate of drug-likeness (QED) is 0.759. The van der Waals surface area contributed by atoms with Gasteiger partial charge in [0.15, 0.2) is 0 Å². The highest BCUT2D eigenvalue weighted by molar-refractivity contribution is 5.36. The largest absolute Gasteiger partial charge is 0.459 e. The van der Waals surface area contributed by atoms with Crippen LogP contribution in [0.4, 0.5) is 22.0 Å². The number of hydrogen-bond acceptors (Lipinski definition) is 2. The van der Waals surface area contributed by atoms with Gasteiger partial charge >= 0.3 is 12.1 Å². The molecule has 1 aliphatic rings. The first-order chi connectivity index (χ1) is 11.6. The van der Waals surface area contributed by atoms with Crippen LogP contribution in [0.25, 0.3) is 5.82 Å². The number of aromatic nitrogens is 3. The molecule has 0 aromatic carbocycles. The summed E-state index contributed by atoms with van der Waals surface area (Å²) in [6, 6.07) is 4.09. The van der Waals surface area contributed by atoms with Crippen molar-refractivity contribution in [1.29, 1.82) is 0 Å². The van der Waals surface area contributed by atoms with Gasteiger partial charge in [0.05, 0.1) is 12.1 Å². The van der Waals surface area contributed by atoms with Crippen molar-refractivity contribution in [3.63, 3.8) is 0 Å². The normalized spacial score (nSPS) is 21.4. The molecule has 0 saturated heterocycles. The van der Waals surface area contributed by atoms with Crippen molar-refractivity contribution in [1.82, 2.24) is 14.3 Å². The van der Waals surface area contributed by atoms with Crippen molar-refractivity contribution >= 4 is 0 Å². The average Bonchev–Trinajstić information content (AvgIpc) is 3.01. The SMILES string of the molecule is CO[C@H]1C[C@@H](n2nc(C(F)(F)C(F)(F)F)cc2-n2c(C)ccc2C)C1. The number of alkyl halides is 5. The van der Waals surface area contributed by atoms with Gasteiger partial charge in [0, 0.05) is 24.6 Å². The zero-order chi connectivity index (χ0) is 18.6. The average molecular weight is 363 g/mol. The van der Waals surface area contributed by atoms with Crippen LogP contribution in [0, 0.1) is 13.8 Å². The summed E-state index contributed by atoms with van der Waals surface area (Å²) in [6.45, 7) is 3.51. The maximum Gasteiger partial charge on any atom is 0.459 e. The summed E-state index contributed by atoms with van der Waals surface area (Å²) in [5.74, 6) is -4.80. The van der Waals surface area contributed by atoms with Gasteiger partial charge in [-0.2, -0.15) is 27.1 Å². The zero-order valence-corrected chi connectivity index (χ0v) is 13.9. The number of halogens is 5. The molecule has 3 rings (SSSR count). The molecule has 25 heavy (non-hydrogen) atoms. The molecule has 2 aromatic rings. The molecule has 1 aliphatic carbocycles. The van der Waals surface area contributed by atoms with E-state index in [1.165, 1.54) is 11.8 Å². The lowest BCUT2D eigenvalue weighted by Gasteiger charge is -2.35. The van der Waals surface area contributed by atoms with Gasteiger partial charge < -0.3 is 9.30 Å². The third-order valence-electron chi connectivity index (χ3n) is 4.64. The van der Waals surface area contributed by atoms with Crippen LogP contribution < -0.4 is 0 Å². The number of nitrogens with zero attached hydrogens (tertiary/aromatic N) is 3. The van der Waals surface area contributed by atoms with Gasteiger partial charge in [0.1, 0.15) is 11.5 Å². The molecule has 0 amide bonds. The molecule has 0 radical (unpaired) electrons. The molecule has 0 spiro atoms. The molecule has 2 heterocycles. The minimum atomic E-state index is -5.70. The number of aryl methyl sites for hydroxylation is 2. The second-order valence-electron chi connectivity index (χ2n) is 6.34. The Labute approximate surface area is 141 Å². The Kier molecular flexibility index (Phi) is 4.17. The Balaban J connectivity index is 2.10.